The van der Waals surface area contributed by atoms with Crippen molar-refractivity contribution in [2.45, 2.75) is 13.0 Å². The molecule has 1 aliphatic heterocycles. The van der Waals surface area contributed by atoms with E-state index < -0.39 is 0 Å². The molecule has 0 aromatic rings. The quantitative estimate of drug-likeness (QED) is 0.418. The predicted molar refractivity (Wildman–Crippen MR) is 23.9 cm³/mol. The smallest absolute Gasteiger partial charge is 0.138 e. The van der Waals surface area contributed by atoms with Crippen LogP contribution in [-0.4, -0.2) is 19.0 Å². The Morgan fingerprint density at radius 1 is 2.00 bits per heavy atom. The first-order valence-corrected chi connectivity index (χ1v) is 2.01. The summed E-state index contributed by atoms with van der Waals surface area (Å²) in [6.07, 6.45) is 2.06. The van der Waals surface area contributed by atoms with E-state index in [2.05, 4.69) is 4.99 Å². The molecule has 0 aromatic heterocycles. The molecular formula is C4H7NO. The van der Waals surface area contributed by atoms with E-state index in [0.717, 1.165) is 0 Å². The van der Waals surface area contributed by atoms with Crippen LogP contribution in [0.5, 0.6) is 0 Å². The van der Waals surface area contributed by atoms with Crippen molar-refractivity contribution in [1.29, 1.82) is 0 Å². The van der Waals surface area contributed by atoms with Gasteiger partial charge in [-0.1, -0.05) is 0 Å². The van der Waals surface area contributed by atoms with Crippen molar-refractivity contribution in [3.8, 4) is 0 Å². The molecule has 0 saturated heterocycles. The maximum Gasteiger partial charge on any atom is 0.138 e. The monoisotopic (exact) mass is 85.1 g/mol. The van der Waals surface area contributed by atoms with E-state index in [4.69, 9.17) is 4.74 Å². The molecule has 34 valence electrons. The summed E-state index contributed by atoms with van der Waals surface area (Å²) in [6.45, 7) is 2.53. The Kier molecular flexibility index (Phi) is 0.881. The number of hydrogen-bond acceptors (Lipinski definition) is 2. The fourth-order valence-corrected chi connectivity index (χ4v) is 0.395. The van der Waals surface area contributed by atoms with Gasteiger partial charge < -0.3 is 4.74 Å². The second kappa shape index (κ2) is 1.39. The summed E-state index contributed by atoms with van der Waals surface area (Å²) in [5, 5.41) is 0. The van der Waals surface area contributed by atoms with Gasteiger partial charge in [0.1, 0.15) is 6.73 Å². The van der Waals surface area contributed by atoms with Gasteiger partial charge in [0.25, 0.3) is 0 Å². The highest BCUT2D eigenvalue weighted by Crippen LogP contribution is 1.92. The van der Waals surface area contributed by atoms with Crippen LogP contribution in [0.4, 0.5) is 0 Å². The van der Waals surface area contributed by atoms with Crippen LogP contribution in [0.15, 0.2) is 4.99 Å². The summed E-state index contributed by atoms with van der Waals surface area (Å²) in [6, 6.07) is 0. The normalized spacial score (nSPS) is 31.8. The summed E-state index contributed by atoms with van der Waals surface area (Å²) >= 11 is 0. The van der Waals surface area contributed by atoms with Crippen LogP contribution in [0.1, 0.15) is 6.92 Å². The zero-order valence-electron chi connectivity index (χ0n) is 3.72. The van der Waals surface area contributed by atoms with E-state index in [0.29, 0.717) is 6.73 Å². The number of nitrogens with zero attached hydrogens (tertiary/aromatic N) is 1. The van der Waals surface area contributed by atoms with E-state index in [1.807, 2.05) is 6.92 Å². The van der Waals surface area contributed by atoms with E-state index in [1.165, 1.54) is 0 Å². The molecule has 0 spiro atoms. The molecule has 1 atom stereocenters. The minimum atomic E-state index is 0.255. The minimum absolute atomic E-state index is 0.255. The second-order valence-electron chi connectivity index (χ2n) is 1.33. The van der Waals surface area contributed by atoms with Crippen LogP contribution in [0.2, 0.25) is 0 Å². The fourth-order valence-electron chi connectivity index (χ4n) is 0.395. The summed E-state index contributed by atoms with van der Waals surface area (Å²) in [5.74, 6) is 0. The Morgan fingerprint density at radius 3 is 3.00 bits per heavy atom. The van der Waals surface area contributed by atoms with Gasteiger partial charge in [-0.25, -0.2) is 0 Å². The first kappa shape index (κ1) is 3.81. The summed E-state index contributed by atoms with van der Waals surface area (Å²) < 4.78 is 4.93. The summed E-state index contributed by atoms with van der Waals surface area (Å²) in [7, 11) is 0. The second-order valence-corrected chi connectivity index (χ2v) is 1.33. The highest BCUT2D eigenvalue weighted by Gasteiger charge is 1.99. The Hall–Kier alpha value is -0.370. The van der Waals surface area contributed by atoms with Crippen LogP contribution in [0.25, 0.3) is 0 Å². The molecule has 0 radical (unpaired) electrons. The van der Waals surface area contributed by atoms with Gasteiger partial charge in [0.05, 0.1) is 6.10 Å². The van der Waals surface area contributed by atoms with Crippen molar-refractivity contribution in [1.82, 2.24) is 0 Å². The summed E-state index contributed by atoms with van der Waals surface area (Å²) in [4.78, 5) is 3.82. The molecule has 0 bridgehead atoms. The Morgan fingerprint density at radius 2 is 2.83 bits per heavy atom. The molecule has 0 N–H and O–H groups in total. The van der Waals surface area contributed by atoms with Crippen molar-refractivity contribution < 1.29 is 4.74 Å². The first-order valence-electron chi connectivity index (χ1n) is 2.01. The van der Waals surface area contributed by atoms with Crippen LogP contribution >= 0.6 is 0 Å². The third kappa shape index (κ3) is 0.571. The number of rotatable bonds is 0. The number of ether oxygens (including phenoxy) is 1. The Bertz CT molecular complexity index is 69.9. The topological polar surface area (TPSA) is 21.6 Å². The molecule has 0 aromatic carbocycles. The van der Waals surface area contributed by atoms with Gasteiger partial charge in [-0.05, 0) is 6.92 Å². The molecule has 0 unspecified atom stereocenters. The van der Waals surface area contributed by atoms with E-state index in [1.54, 1.807) is 6.21 Å². The van der Waals surface area contributed by atoms with E-state index >= 15 is 0 Å². The molecule has 0 aliphatic carbocycles. The van der Waals surface area contributed by atoms with Crippen molar-refractivity contribution in [3.63, 3.8) is 0 Å². The number of hydrogen-bond donors (Lipinski definition) is 0. The Balaban J connectivity index is 2.38. The molecule has 0 saturated carbocycles. The van der Waals surface area contributed by atoms with Crippen molar-refractivity contribution in [2.24, 2.45) is 4.99 Å². The van der Waals surface area contributed by atoms with E-state index in [9.17, 15) is 0 Å². The lowest BCUT2D eigenvalue weighted by Gasteiger charge is -1.91. The first-order chi connectivity index (χ1) is 2.89. The van der Waals surface area contributed by atoms with Crippen LogP contribution in [0.3, 0.4) is 0 Å². The van der Waals surface area contributed by atoms with Crippen LogP contribution < -0.4 is 0 Å². The maximum atomic E-state index is 4.93. The molecule has 2 heteroatoms. The van der Waals surface area contributed by atoms with Crippen LogP contribution in [0, 0.1) is 0 Å². The molecule has 0 amide bonds. The fraction of sp³-hybridized carbons (Fsp3) is 0.750. The van der Waals surface area contributed by atoms with Gasteiger partial charge in [0, 0.05) is 6.21 Å². The average molecular weight is 85.1 g/mol. The third-order valence-electron chi connectivity index (χ3n) is 0.727. The van der Waals surface area contributed by atoms with Gasteiger partial charge in [0.15, 0.2) is 0 Å². The third-order valence-corrected chi connectivity index (χ3v) is 0.727. The average Bonchev–Trinajstić information content (AvgIpc) is 1.86. The lowest BCUT2D eigenvalue weighted by Crippen LogP contribution is -1.99. The van der Waals surface area contributed by atoms with Crippen molar-refractivity contribution in [3.05, 3.63) is 0 Å². The zero-order valence-corrected chi connectivity index (χ0v) is 3.72. The molecular weight excluding hydrogens is 78.0 g/mol. The largest absolute Gasteiger partial charge is 0.351 e. The Labute approximate surface area is 36.8 Å². The predicted octanol–water partition coefficient (Wildman–Crippen LogP) is 0.433. The van der Waals surface area contributed by atoms with Gasteiger partial charge >= 0.3 is 0 Å². The minimum Gasteiger partial charge on any atom is -0.351 e. The molecule has 0 fully saturated rings. The molecule has 1 heterocycles. The molecule has 1 rings (SSSR count). The highest BCUT2D eigenvalue weighted by molar-refractivity contribution is 5.63. The van der Waals surface area contributed by atoms with E-state index in [-0.39, 0.29) is 6.10 Å². The molecule has 2 nitrogen and oxygen atoms in total. The van der Waals surface area contributed by atoms with Gasteiger partial charge in [-0.2, -0.15) is 0 Å². The molecule has 1 aliphatic rings. The summed E-state index contributed by atoms with van der Waals surface area (Å²) in [5.41, 5.74) is 0. The van der Waals surface area contributed by atoms with Crippen molar-refractivity contribution >= 4 is 6.21 Å². The highest BCUT2D eigenvalue weighted by atomic mass is 16.5. The standard InChI is InChI=1S/C4H7NO/c1-4-2-5-3-6-4/h2,4H,3H2,1H3/t4-/m1/s1. The van der Waals surface area contributed by atoms with Crippen molar-refractivity contribution in [2.75, 3.05) is 6.73 Å². The lowest BCUT2D eigenvalue weighted by molar-refractivity contribution is 0.140. The van der Waals surface area contributed by atoms with Gasteiger partial charge in [-0.3, -0.25) is 4.99 Å². The molecule has 6 heavy (non-hydrogen) atoms. The zero-order chi connectivity index (χ0) is 4.41. The number of aliphatic imine (C=N–C) groups is 1. The SMILES string of the molecule is C[C@@H]1C=NCO1. The van der Waals surface area contributed by atoms with Gasteiger partial charge in [0.2, 0.25) is 0 Å². The maximum absolute atomic E-state index is 4.93. The lowest BCUT2D eigenvalue weighted by atomic mass is 10.5. The van der Waals surface area contributed by atoms with Gasteiger partial charge in [-0.15, -0.1) is 0 Å². The van der Waals surface area contributed by atoms with Crippen LogP contribution in [-0.2, 0) is 4.74 Å².